The number of rotatable bonds is 8. The summed E-state index contributed by atoms with van der Waals surface area (Å²) in [5.41, 5.74) is 0. The predicted molar refractivity (Wildman–Crippen MR) is 106 cm³/mol. The van der Waals surface area contributed by atoms with E-state index in [1.54, 1.807) is 0 Å². The predicted octanol–water partition coefficient (Wildman–Crippen LogP) is 1.96. The van der Waals surface area contributed by atoms with Gasteiger partial charge in [0.1, 0.15) is 12.4 Å². The molecule has 1 atom stereocenters. The van der Waals surface area contributed by atoms with Crippen LogP contribution < -0.4 is 15.4 Å². The van der Waals surface area contributed by atoms with Crippen LogP contribution in [-0.2, 0) is 4.79 Å². The summed E-state index contributed by atoms with van der Waals surface area (Å²) in [6.07, 6.45) is 0.825. The standard InChI is InChI=1S/C19H29ClN4O3/c1-3-15(2)21-19(26)22-18(25)14-24-10-8-23(9-11-24)12-13-27-17-6-4-16(20)5-7-17/h4-7,15H,3,8-14H2,1-2H3,(H2,21,22,25,26)/t15-/m0/s1. The van der Waals surface area contributed by atoms with Gasteiger partial charge in [0, 0.05) is 43.8 Å². The Morgan fingerprint density at radius 1 is 1.15 bits per heavy atom. The highest BCUT2D eigenvalue weighted by Crippen LogP contribution is 2.15. The van der Waals surface area contributed by atoms with Crippen molar-refractivity contribution in [1.29, 1.82) is 0 Å². The molecule has 8 heteroatoms. The second kappa shape index (κ2) is 11.1. The summed E-state index contributed by atoms with van der Waals surface area (Å²) in [5, 5.41) is 5.81. The first-order valence-corrected chi connectivity index (χ1v) is 9.77. The third-order valence-corrected chi connectivity index (χ3v) is 4.82. The summed E-state index contributed by atoms with van der Waals surface area (Å²) in [6, 6.07) is 6.96. The van der Waals surface area contributed by atoms with Crippen molar-refractivity contribution < 1.29 is 14.3 Å². The molecule has 1 aromatic carbocycles. The Kier molecular flexibility index (Phi) is 8.84. The molecular weight excluding hydrogens is 368 g/mol. The van der Waals surface area contributed by atoms with Gasteiger partial charge >= 0.3 is 6.03 Å². The SMILES string of the molecule is CC[C@H](C)NC(=O)NC(=O)CN1CCN(CCOc2ccc(Cl)cc2)CC1. The zero-order valence-electron chi connectivity index (χ0n) is 16.0. The molecular formula is C19H29ClN4O3. The molecule has 0 aromatic heterocycles. The quantitative estimate of drug-likeness (QED) is 0.702. The van der Waals surface area contributed by atoms with Gasteiger partial charge in [-0.15, -0.1) is 0 Å². The smallest absolute Gasteiger partial charge is 0.321 e. The number of nitrogens with zero attached hydrogens (tertiary/aromatic N) is 2. The van der Waals surface area contributed by atoms with E-state index in [1.165, 1.54) is 0 Å². The molecule has 0 spiro atoms. The van der Waals surface area contributed by atoms with E-state index in [0.29, 0.717) is 11.6 Å². The summed E-state index contributed by atoms with van der Waals surface area (Å²) >= 11 is 5.85. The van der Waals surface area contributed by atoms with Gasteiger partial charge in [0.05, 0.1) is 6.54 Å². The van der Waals surface area contributed by atoms with Crippen LogP contribution in [0.15, 0.2) is 24.3 Å². The lowest BCUT2D eigenvalue weighted by atomic mass is 10.3. The van der Waals surface area contributed by atoms with Crippen molar-refractivity contribution in [2.75, 3.05) is 45.9 Å². The lowest BCUT2D eigenvalue weighted by Crippen LogP contribution is -2.52. The van der Waals surface area contributed by atoms with Gasteiger partial charge < -0.3 is 10.1 Å². The Morgan fingerprint density at radius 3 is 2.41 bits per heavy atom. The maximum atomic E-state index is 12.0. The zero-order chi connectivity index (χ0) is 19.6. The second-order valence-electron chi connectivity index (χ2n) is 6.75. The highest BCUT2D eigenvalue weighted by molar-refractivity contribution is 6.30. The number of ether oxygens (including phenoxy) is 1. The highest BCUT2D eigenvalue weighted by Gasteiger charge is 2.20. The summed E-state index contributed by atoms with van der Waals surface area (Å²) in [4.78, 5) is 28.0. The fourth-order valence-electron chi connectivity index (χ4n) is 2.73. The third kappa shape index (κ3) is 8.15. The van der Waals surface area contributed by atoms with E-state index >= 15 is 0 Å². The number of benzene rings is 1. The molecule has 0 saturated carbocycles. The van der Waals surface area contributed by atoms with Crippen molar-refractivity contribution in [2.45, 2.75) is 26.3 Å². The van der Waals surface area contributed by atoms with E-state index in [4.69, 9.17) is 16.3 Å². The van der Waals surface area contributed by atoms with Gasteiger partial charge in [-0.05, 0) is 37.6 Å². The minimum absolute atomic E-state index is 0.0523. The van der Waals surface area contributed by atoms with Crippen LogP contribution >= 0.6 is 11.6 Å². The topological polar surface area (TPSA) is 73.9 Å². The summed E-state index contributed by atoms with van der Waals surface area (Å²) in [6.45, 7) is 8.89. The molecule has 150 valence electrons. The lowest BCUT2D eigenvalue weighted by molar-refractivity contribution is -0.121. The first kappa shape index (κ1) is 21.5. The lowest BCUT2D eigenvalue weighted by Gasteiger charge is -2.34. The van der Waals surface area contributed by atoms with E-state index in [2.05, 4.69) is 20.4 Å². The molecule has 7 nitrogen and oxygen atoms in total. The van der Waals surface area contributed by atoms with Crippen LogP contribution in [0.4, 0.5) is 4.79 Å². The van der Waals surface area contributed by atoms with Crippen molar-refractivity contribution >= 4 is 23.5 Å². The monoisotopic (exact) mass is 396 g/mol. The highest BCUT2D eigenvalue weighted by atomic mass is 35.5. The Balaban J connectivity index is 1.60. The van der Waals surface area contributed by atoms with Gasteiger partial charge in [0.15, 0.2) is 0 Å². The number of carbonyl (C=O) groups is 2. The van der Waals surface area contributed by atoms with E-state index in [1.807, 2.05) is 38.1 Å². The van der Waals surface area contributed by atoms with Gasteiger partial charge in [0.25, 0.3) is 0 Å². The molecule has 1 aromatic rings. The number of hydrogen-bond donors (Lipinski definition) is 2. The maximum Gasteiger partial charge on any atom is 0.321 e. The van der Waals surface area contributed by atoms with Crippen LogP contribution in [0.3, 0.4) is 0 Å². The van der Waals surface area contributed by atoms with E-state index < -0.39 is 6.03 Å². The fourth-order valence-corrected chi connectivity index (χ4v) is 2.85. The van der Waals surface area contributed by atoms with Crippen LogP contribution in [0.25, 0.3) is 0 Å². The third-order valence-electron chi connectivity index (χ3n) is 4.56. The number of urea groups is 1. The second-order valence-corrected chi connectivity index (χ2v) is 7.19. The van der Waals surface area contributed by atoms with Crippen LogP contribution in [0, 0.1) is 0 Å². The fraction of sp³-hybridized carbons (Fsp3) is 0.579. The molecule has 27 heavy (non-hydrogen) atoms. The average Bonchev–Trinajstić information content (AvgIpc) is 2.64. The van der Waals surface area contributed by atoms with Crippen LogP contribution in [-0.4, -0.2) is 73.7 Å². The zero-order valence-corrected chi connectivity index (χ0v) is 16.8. The molecule has 1 fully saturated rings. The number of imide groups is 1. The Hall–Kier alpha value is -1.83. The largest absolute Gasteiger partial charge is 0.492 e. The van der Waals surface area contributed by atoms with E-state index in [-0.39, 0.29) is 18.5 Å². The molecule has 0 bridgehead atoms. The van der Waals surface area contributed by atoms with Crippen molar-refractivity contribution in [3.05, 3.63) is 29.3 Å². The molecule has 1 aliphatic rings. The number of nitrogens with one attached hydrogen (secondary N) is 2. The van der Waals surface area contributed by atoms with Crippen LogP contribution in [0.1, 0.15) is 20.3 Å². The Labute approximate surface area is 166 Å². The van der Waals surface area contributed by atoms with Crippen LogP contribution in [0.5, 0.6) is 5.75 Å². The van der Waals surface area contributed by atoms with Crippen molar-refractivity contribution in [3.63, 3.8) is 0 Å². The number of piperazine rings is 1. The molecule has 2 N–H and O–H groups in total. The summed E-state index contributed by atoms with van der Waals surface area (Å²) in [7, 11) is 0. The molecule has 0 unspecified atom stereocenters. The molecule has 3 amide bonds. The van der Waals surface area contributed by atoms with Crippen molar-refractivity contribution in [2.24, 2.45) is 0 Å². The van der Waals surface area contributed by atoms with E-state index in [0.717, 1.165) is 44.9 Å². The normalized spacial score (nSPS) is 16.6. The first-order chi connectivity index (χ1) is 13.0. The van der Waals surface area contributed by atoms with Gasteiger partial charge in [-0.25, -0.2) is 4.79 Å². The molecule has 1 heterocycles. The summed E-state index contributed by atoms with van der Waals surface area (Å²) in [5.74, 6) is 0.542. The van der Waals surface area contributed by atoms with Crippen molar-refractivity contribution in [1.82, 2.24) is 20.4 Å². The first-order valence-electron chi connectivity index (χ1n) is 9.39. The van der Waals surface area contributed by atoms with Gasteiger partial charge in [-0.3, -0.25) is 19.9 Å². The van der Waals surface area contributed by atoms with Gasteiger partial charge in [-0.2, -0.15) is 0 Å². The Morgan fingerprint density at radius 2 is 1.78 bits per heavy atom. The summed E-state index contributed by atoms with van der Waals surface area (Å²) < 4.78 is 5.72. The van der Waals surface area contributed by atoms with E-state index in [9.17, 15) is 9.59 Å². The minimum Gasteiger partial charge on any atom is -0.492 e. The number of halogens is 1. The van der Waals surface area contributed by atoms with Crippen LogP contribution in [0.2, 0.25) is 5.02 Å². The molecule has 1 aliphatic heterocycles. The minimum atomic E-state index is -0.424. The molecule has 1 saturated heterocycles. The molecule has 0 aliphatic carbocycles. The Bertz CT molecular complexity index is 603. The van der Waals surface area contributed by atoms with Gasteiger partial charge in [-0.1, -0.05) is 18.5 Å². The number of amides is 3. The average molecular weight is 397 g/mol. The maximum absolute atomic E-state index is 12.0. The number of carbonyl (C=O) groups excluding carboxylic acids is 2. The molecule has 2 rings (SSSR count). The molecule has 0 radical (unpaired) electrons. The van der Waals surface area contributed by atoms with Gasteiger partial charge in [0.2, 0.25) is 5.91 Å². The number of hydrogen-bond acceptors (Lipinski definition) is 5. The van der Waals surface area contributed by atoms with Crippen molar-refractivity contribution in [3.8, 4) is 5.75 Å².